The number of thiophene rings is 1. The number of sulfonamides is 1. The number of rotatable bonds is 4. The van der Waals surface area contributed by atoms with Crippen molar-refractivity contribution in [2.45, 2.75) is 17.1 Å². The molecule has 2 amide bonds. The monoisotopic (exact) mass is 463 g/mol. The van der Waals surface area contributed by atoms with Crippen molar-refractivity contribution in [2.75, 3.05) is 39.3 Å². The Labute approximate surface area is 185 Å². The van der Waals surface area contributed by atoms with E-state index < -0.39 is 10.0 Å². The van der Waals surface area contributed by atoms with Crippen molar-refractivity contribution in [2.24, 2.45) is 5.92 Å². The zero-order valence-corrected chi connectivity index (χ0v) is 18.6. The van der Waals surface area contributed by atoms with E-state index in [1.807, 2.05) is 0 Å². The molecule has 0 radical (unpaired) electrons. The van der Waals surface area contributed by atoms with E-state index >= 15 is 0 Å². The largest absolute Gasteiger partial charge is 0.507 e. The Bertz CT molecular complexity index is 1050. The van der Waals surface area contributed by atoms with E-state index in [4.69, 9.17) is 0 Å². The van der Waals surface area contributed by atoms with E-state index in [-0.39, 0.29) is 35.6 Å². The molecule has 1 unspecified atom stereocenters. The van der Waals surface area contributed by atoms with Crippen LogP contribution in [0.4, 0.5) is 0 Å². The van der Waals surface area contributed by atoms with Gasteiger partial charge in [-0.15, -0.1) is 11.3 Å². The molecule has 0 aliphatic carbocycles. The number of carbonyl (C=O) groups is 2. The molecule has 0 bridgehead atoms. The fraction of sp³-hybridized carbons (Fsp3) is 0.429. The molecule has 1 aromatic carbocycles. The standard InChI is InChI=1S/C21H25N3O5S2/c25-18-7-2-1-6-17(18)21(27)23-12-10-22(11-13-23)20(26)16-5-3-9-24(15-16)31(28,29)19-8-4-14-30-19/h1-2,4,6-8,14,16,25H,3,5,9-13,15H2. The number of carbonyl (C=O) groups excluding carboxylic acids is 2. The van der Waals surface area contributed by atoms with Gasteiger partial charge in [0.1, 0.15) is 9.96 Å². The number of hydrogen-bond acceptors (Lipinski definition) is 6. The molecule has 3 heterocycles. The van der Waals surface area contributed by atoms with Gasteiger partial charge in [0, 0.05) is 39.3 Å². The Balaban J connectivity index is 1.36. The molecule has 166 valence electrons. The number of phenols is 1. The molecule has 2 aliphatic heterocycles. The average molecular weight is 464 g/mol. The summed E-state index contributed by atoms with van der Waals surface area (Å²) < 4.78 is 27.4. The van der Waals surface area contributed by atoms with Crippen molar-refractivity contribution < 1.29 is 23.1 Å². The fourth-order valence-corrected chi connectivity index (χ4v) is 6.78. The second kappa shape index (κ2) is 8.97. The van der Waals surface area contributed by atoms with Gasteiger partial charge in [-0.3, -0.25) is 9.59 Å². The topological polar surface area (TPSA) is 98.2 Å². The van der Waals surface area contributed by atoms with Crippen molar-refractivity contribution >= 4 is 33.2 Å². The van der Waals surface area contributed by atoms with Crippen molar-refractivity contribution in [3.05, 3.63) is 47.3 Å². The van der Waals surface area contributed by atoms with E-state index in [1.54, 1.807) is 45.5 Å². The van der Waals surface area contributed by atoms with E-state index in [0.717, 1.165) is 0 Å². The minimum absolute atomic E-state index is 0.0549. The van der Waals surface area contributed by atoms with Crippen LogP contribution in [-0.4, -0.2) is 78.7 Å². The summed E-state index contributed by atoms with van der Waals surface area (Å²) in [7, 11) is -3.57. The maximum atomic E-state index is 13.1. The number of benzene rings is 1. The van der Waals surface area contributed by atoms with E-state index in [9.17, 15) is 23.1 Å². The summed E-state index contributed by atoms with van der Waals surface area (Å²) in [5, 5.41) is 11.6. The van der Waals surface area contributed by atoms with Gasteiger partial charge in [0.2, 0.25) is 5.91 Å². The minimum Gasteiger partial charge on any atom is -0.507 e. The number of nitrogens with zero attached hydrogens (tertiary/aromatic N) is 3. The highest BCUT2D eigenvalue weighted by atomic mass is 32.2. The van der Waals surface area contributed by atoms with Crippen LogP contribution in [0.15, 0.2) is 46.0 Å². The molecule has 1 N–H and O–H groups in total. The summed E-state index contributed by atoms with van der Waals surface area (Å²) in [5.74, 6) is -0.735. The summed E-state index contributed by atoms with van der Waals surface area (Å²) in [4.78, 5) is 29.1. The number of piperazine rings is 1. The molecule has 1 atom stereocenters. The molecule has 2 aliphatic rings. The van der Waals surface area contributed by atoms with Crippen LogP contribution in [-0.2, 0) is 14.8 Å². The van der Waals surface area contributed by atoms with E-state index in [2.05, 4.69) is 0 Å². The van der Waals surface area contributed by atoms with Gasteiger partial charge in [0.25, 0.3) is 15.9 Å². The van der Waals surface area contributed by atoms with Gasteiger partial charge >= 0.3 is 0 Å². The van der Waals surface area contributed by atoms with E-state index in [1.165, 1.54) is 21.7 Å². The lowest BCUT2D eigenvalue weighted by Crippen LogP contribution is -2.54. The molecule has 8 nitrogen and oxygen atoms in total. The normalized spacial score (nSPS) is 20.6. The van der Waals surface area contributed by atoms with Crippen LogP contribution in [0.1, 0.15) is 23.2 Å². The minimum atomic E-state index is -3.57. The molecule has 4 rings (SSSR count). The first-order chi connectivity index (χ1) is 14.9. The number of amides is 2. The maximum absolute atomic E-state index is 13.1. The molecule has 2 fully saturated rings. The second-order valence-electron chi connectivity index (χ2n) is 7.77. The van der Waals surface area contributed by atoms with Gasteiger partial charge in [0.15, 0.2) is 0 Å². The molecule has 0 spiro atoms. The third-order valence-electron chi connectivity index (χ3n) is 5.84. The predicted molar refractivity (Wildman–Crippen MR) is 116 cm³/mol. The highest BCUT2D eigenvalue weighted by Crippen LogP contribution is 2.27. The van der Waals surface area contributed by atoms with Crippen LogP contribution in [0.3, 0.4) is 0 Å². The summed E-state index contributed by atoms with van der Waals surface area (Å²) >= 11 is 1.18. The molecular formula is C21H25N3O5S2. The summed E-state index contributed by atoms with van der Waals surface area (Å²) in [5.41, 5.74) is 0.254. The molecule has 2 saturated heterocycles. The quantitative estimate of drug-likeness (QED) is 0.746. The predicted octanol–water partition coefficient (Wildman–Crippen LogP) is 1.84. The Kier molecular flexibility index (Phi) is 6.31. The second-order valence-corrected chi connectivity index (χ2v) is 10.9. The molecule has 10 heteroatoms. The van der Waals surface area contributed by atoms with Crippen LogP contribution >= 0.6 is 11.3 Å². The third kappa shape index (κ3) is 4.46. The molecule has 2 aromatic rings. The third-order valence-corrected chi connectivity index (χ3v) is 9.07. The summed E-state index contributed by atoms with van der Waals surface area (Å²) in [6.07, 6.45) is 1.30. The first kappa shape index (κ1) is 21.8. The number of phenolic OH excluding ortho intramolecular Hbond substituents is 1. The van der Waals surface area contributed by atoms with Gasteiger partial charge in [-0.25, -0.2) is 8.42 Å². The van der Waals surface area contributed by atoms with Crippen molar-refractivity contribution in [3.63, 3.8) is 0 Å². The Morgan fingerprint density at radius 2 is 1.68 bits per heavy atom. The highest BCUT2D eigenvalue weighted by Gasteiger charge is 2.36. The number of piperidine rings is 1. The van der Waals surface area contributed by atoms with Crippen molar-refractivity contribution in [3.8, 4) is 5.75 Å². The highest BCUT2D eigenvalue weighted by molar-refractivity contribution is 7.91. The maximum Gasteiger partial charge on any atom is 0.257 e. The van der Waals surface area contributed by atoms with E-state index in [0.29, 0.717) is 49.8 Å². The Morgan fingerprint density at radius 3 is 2.35 bits per heavy atom. The zero-order chi connectivity index (χ0) is 22.0. The molecule has 31 heavy (non-hydrogen) atoms. The lowest BCUT2D eigenvalue weighted by molar-refractivity contribution is -0.138. The molecule has 0 saturated carbocycles. The zero-order valence-electron chi connectivity index (χ0n) is 17.0. The number of hydrogen-bond donors (Lipinski definition) is 1. The van der Waals surface area contributed by atoms with Gasteiger partial charge in [-0.05, 0) is 36.4 Å². The molecular weight excluding hydrogens is 438 g/mol. The average Bonchev–Trinajstić information content (AvgIpc) is 3.35. The van der Waals surface area contributed by atoms with Gasteiger partial charge in [-0.1, -0.05) is 18.2 Å². The lowest BCUT2D eigenvalue weighted by atomic mass is 9.97. The van der Waals surface area contributed by atoms with Gasteiger partial charge in [0.05, 0.1) is 11.5 Å². The molecule has 1 aromatic heterocycles. The Hall–Kier alpha value is -2.43. The van der Waals surface area contributed by atoms with Crippen LogP contribution < -0.4 is 0 Å². The van der Waals surface area contributed by atoms with Crippen molar-refractivity contribution in [1.82, 2.24) is 14.1 Å². The summed E-state index contributed by atoms with van der Waals surface area (Å²) in [6, 6.07) is 9.72. The van der Waals surface area contributed by atoms with Crippen LogP contribution in [0.2, 0.25) is 0 Å². The van der Waals surface area contributed by atoms with Crippen LogP contribution in [0.25, 0.3) is 0 Å². The van der Waals surface area contributed by atoms with Gasteiger partial charge in [-0.2, -0.15) is 4.31 Å². The first-order valence-corrected chi connectivity index (χ1v) is 12.6. The van der Waals surface area contributed by atoms with Gasteiger partial charge < -0.3 is 14.9 Å². The van der Waals surface area contributed by atoms with Crippen LogP contribution in [0, 0.1) is 5.92 Å². The lowest BCUT2D eigenvalue weighted by Gasteiger charge is -2.38. The SMILES string of the molecule is O=C(c1ccccc1O)N1CCN(C(=O)C2CCCN(S(=O)(=O)c3cccs3)C2)CC1. The summed E-state index contributed by atoms with van der Waals surface area (Å²) in [6.45, 7) is 2.16. The fourth-order valence-electron chi connectivity index (χ4n) is 4.11. The number of aromatic hydroxyl groups is 1. The van der Waals surface area contributed by atoms with Crippen LogP contribution in [0.5, 0.6) is 5.75 Å². The smallest absolute Gasteiger partial charge is 0.257 e. The first-order valence-electron chi connectivity index (χ1n) is 10.3. The Morgan fingerprint density at radius 1 is 0.968 bits per heavy atom. The van der Waals surface area contributed by atoms with Crippen molar-refractivity contribution in [1.29, 1.82) is 0 Å². The number of para-hydroxylation sites is 1.